The molecule has 0 spiro atoms. The number of H-pyrrole nitrogens is 1. The molecular formula is C21H26N4O. The molecule has 0 saturated carbocycles. The minimum Gasteiger partial charge on any atom is -0.356 e. The first-order chi connectivity index (χ1) is 12.5. The number of aromatic nitrogens is 3. The lowest BCUT2D eigenvalue weighted by atomic mass is 9.90. The Bertz CT molecular complexity index is 937. The van der Waals surface area contributed by atoms with E-state index in [2.05, 4.69) is 53.1 Å². The average molecular weight is 350 g/mol. The zero-order valence-corrected chi connectivity index (χ0v) is 15.7. The van der Waals surface area contributed by atoms with Gasteiger partial charge in [-0.25, -0.2) is 0 Å². The summed E-state index contributed by atoms with van der Waals surface area (Å²) in [4.78, 5) is 18.7. The quantitative estimate of drug-likeness (QED) is 0.781. The van der Waals surface area contributed by atoms with Gasteiger partial charge in [0.15, 0.2) is 0 Å². The van der Waals surface area contributed by atoms with Crippen molar-refractivity contribution in [2.24, 2.45) is 13.0 Å². The van der Waals surface area contributed by atoms with Gasteiger partial charge in [-0.1, -0.05) is 32.0 Å². The molecule has 4 rings (SSSR count). The maximum absolute atomic E-state index is 13.0. The second kappa shape index (κ2) is 6.63. The summed E-state index contributed by atoms with van der Waals surface area (Å²) >= 11 is 0. The third kappa shape index (κ3) is 2.91. The zero-order valence-electron chi connectivity index (χ0n) is 15.7. The van der Waals surface area contributed by atoms with E-state index in [1.165, 1.54) is 22.2 Å². The summed E-state index contributed by atoms with van der Waals surface area (Å²) in [6.45, 7) is 5.20. The van der Waals surface area contributed by atoms with Crippen LogP contribution in [0.5, 0.6) is 0 Å². The monoisotopic (exact) mass is 350 g/mol. The fourth-order valence-electron chi connectivity index (χ4n) is 4.24. The van der Waals surface area contributed by atoms with E-state index in [-0.39, 0.29) is 11.9 Å². The van der Waals surface area contributed by atoms with Gasteiger partial charge in [0.05, 0.1) is 12.2 Å². The van der Waals surface area contributed by atoms with Crippen molar-refractivity contribution in [1.82, 2.24) is 19.7 Å². The van der Waals surface area contributed by atoms with Crippen molar-refractivity contribution < 1.29 is 4.79 Å². The number of rotatable bonds is 4. The Hall–Kier alpha value is -2.56. The van der Waals surface area contributed by atoms with Crippen molar-refractivity contribution in [3.63, 3.8) is 0 Å². The minimum atomic E-state index is 0.118. The van der Waals surface area contributed by atoms with Crippen molar-refractivity contribution in [2.75, 3.05) is 6.54 Å². The zero-order chi connectivity index (χ0) is 18.3. The number of aryl methyl sites for hydroxylation is 2. The van der Waals surface area contributed by atoms with Crippen LogP contribution in [0, 0.1) is 5.92 Å². The molecule has 1 amide bonds. The van der Waals surface area contributed by atoms with Crippen LogP contribution in [0.3, 0.4) is 0 Å². The molecule has 0 fully saturated rings. The third-order valence-corrected chi connectivity index (χ3v) is 5.42. The summed E-state index contributed by atoms with van der Waals surface area (Å²) in [5, 5.41) is 5.49. The van der Waals surface area contributed by atoms with Crippen LogP contribution in [0.1, 0.15) is 43.1 Å². The number of nitrogens with one attached hydrogen (secondary N) is 1. The maximum Gasteiger partial charge on any atom is 0.223 e. The molecule has 1 aliphatic rings. The summed E-state index contributed by atoms with van der Waals surface area (Å²) in [5.74, 6) is 0.598. The molecule has 5 heteroatoms. The summed E-state index contributed by atoms with van der Waals surface area (Å²) < 4.78 is 1.79. The molecule has 1 atom stereocenters. The number of fused-ring (bicyclic) bond motifs is 3. The van der Waals surface area contributed by atoms with Crippen LogP contribution in [0.15, 0.2) is 36.7 Å². The van der Waals surface area contributed by atoms with Gasteiger partial charge in [-0.3, -0.25) is 9.48 Å². The molecule has 3 heterocycles. The van der Waals surface area contributed by atoms with Gasteiger partial charge in [-0.15, -0.1) is 0 Å². The van der Waals surface area contributed by atoms with Crippen molar-refractivity contribution in [2.45, 2.75) is 39.2 Å². The van der Waals surface area contributed by atoms with Gasteiger partial charge in [0.1, 0.15) is 0 Å². The molecule has 26 heavy (non-hydrogen) atoms. The van der Waals surface area contributed by atoms with E-state index in [0.717, 1.165) is 24.9 Å². The fourth-order valence-corrected chi connectivity index (χ4v) is 4.24. The van der Waals surface area contributed by atoms with E-state index in [1.807, 2.05) is 19.4 Å². The standard InChI is InChI=1S/C21H26N4O/c1-14(2)21-20-17(16-6-4-5-7-18(16)23-20)10-11-25(21)19(26)9-8-15-12-22-24(3)13-15/h4-7,12-14,21,23H,8-11H2,1-3H3/t21-/m0/s1. The molecule has 2 aromatic heterocycles. The molecule has 0 radical (unpaired) electrons. The van der Waals surface area contributed by atoms with Crippen LogP contribution in [-0.4, -0.2) is 32.1 Å². The molecule has 1 aliphatic heterocycles. The molecule has 136 valence electrons. The fraction of sp³-hybridized carbons (Fsp3) is 0.429. The van der Waals surface area contributed by atoms with E-state index in [1.54, 1.807) is 4.68 Å². The molecule has 0 bridgehead atoms. The lowest BCUT2D eigenvalue weighted by Crippen LogP contribution is -2.42. The maximum atomic E-state index is 13.0. The summed E-state index contributed by atoms with van der Waals surface area (Å²) in [5.41, 5.74) is 4.90. The van der Waals surface area contributed by atoms with E-state index in [9.17, 15) is 4.79 Å². The van der Waals surface area contributed by atoms with Crippen molar-refractivity contribution in [1.29, 1.82) is 0 Å². The van der Waals surface area contributed by atoms with Gasteiger partial charge in [0.2, 0.25) is 5.91 Å². The third-order valence-electron chi connectivity index (χ3n) is 5.42. The number of para-hydroxylation sites is 1. The van der Waals surface area contributed by atoms with Gasteiger partial charge in [-0.05, 0) is 36.0 Å². The molecule has 3 aromatic rings. The van der Waals surface area contributed by atoms with Gasteiger partial charge >= 0.3 is 0 Å². The smallest absolute Gasteiger partial charge is 0.223 e. The highest BCUT2D eigenvalue weighted by Gasteiger charge is 2.34. The highest BCUT2D eigenvalue weighted by molar-refractivity contribution is 5.86. The molecular weight excluding hydrogens is 324 g/mol. The van der Waals surface area contributed by atoms with Gasteiger partial charge in [0.25, 0.3) is 0 Å². The van der Waals surface area contributed by atoms with Crippen LogP contribution >= 0.6 is 0 Å². The molecule has 1 N–H and O–H groups in total. The van der Waals surface area contributed by atoms with E-state index < -0.39 is 0 Å². The summed E-state index contributed by atoms with van der Waals surface area (Å²) in [6.07, 6.45) is 6.03. The second-order valence-electron chi connectivity index (χ2n) is 7.61. The Morgan fingerprint density at radius 2 is 2.15 bits per heavy atom. The van der Waals surface area contributed by atoms with Crippen LogP contribution < -0.4 is 0 Å². The Kier molecular flexibility index (Phi) is 4.31. The van der Waals surface area contributed by atoms with Crippen LogP contribution in [0.2, 0.25) is 0 Å². The number of carbonyl (C=O) groups is 1. The van der Waals surface area contributed by atoms with Gasteiger partial charge in [-0.2, -0.15) is 5.10 Å². The first kappa shape index (κ1) is 16.9. The van der Waals surface area contributed by atoms with Crippen molar-refractivity contribution >= 4 is 16.8 Å². The van der Waals surface area contributed by atoms with Gasteiger partial charge < -0.3 is 9.88 Å². The van der Waals surface area contributed by atoms with Crippen LogP contribution in [-0.2, 0) is 24.7 Å². The topological polar surface area (TPSA) is 53.9 Å². The highest BCUT2D eigenvalue weighted by Crippen LogP contribution is 2.38. The highest BCUT2D eigenvalue weighted by atomic mass is 16.2. The van der Waals surface area contributed by atoms with E-state index in [4.69, 9.17) is 0 Å². The lowest BCUT2D eigenvalue weighted by Gasteiger charge is -2.38. The Morgan fingerprint density at radius 3 is 2.88 bits per heavy atom. The molecule has 5 nitrogen and oxygen atoms in total. The average Bonchev–Trinajstić information content (AvgIpc) is 3.21. The SMILES string of the molecule is CC(C)[C@H]1c2[nH]c3ccccc3c2CCN1C(=O)CCc1cnn(C)c1. The molecule has 0 unspecified atom stereocenters. The second-order valence-corrected chi connectivity index (χ2v) is 7.61. The number of benzene rings is 1. The minimum absolute atomic E-state index is 0.118. The summed E-state index contributed by atoms with van der Waals surface area (Å²) in [6, 6.07) is 8.58. The van der Waals surface area contributed by atoms with E-state index >= 15 is 0 Å². The molecule has 0 aliphatic carbocycles. The largest absolute Gasteiger partial charge is 0.356 e. The van der Waals surface area contributed by atoms with Gasteiger partial charge in [0, 0.05) is 42.8 Å². The number of nitrogens with zero attached hydrogens (tertiary/aromatic N) is 3. The number of aromatic amines is 1. The van der Waals surface area contributed by atoms with Crippen LogP contribution in [0.25, 0.3) is 10.9 Å². The Balaban J connectivity index is 1.59. The normalized spacial score (nSPS) is 17.1. The predicted octanol–water partition coefficient (Wildman–Crippen LogP) is 3.62. The van der Waals surface area contributed by atoms with Crippen molar-refractivity contribution in [3.05, 3.63) is 53.5 Å². The number of amides is 1. The van der Waals surface area contributed by atoms with Crippen LogP contribution in [0.4, 0.5) is 0 Å². The Labute approximate surface area is 154 Å². The lowest BCUT2D eigenvalue weighted by molar-refractivity contribution is -0.135. The number of carbonyl (C=O) groups excluding carboxylic acids is 1. The van der Waals surface area contributed by atoms with Crippen molar-refractivity contribution in [3.8, 4) is 0 Å². The van der Waals surface area contributed by atoms with E-state index in [0.29, 0.717) is 12.3 Å². The Morgan fingerprint density at radius 1 is 1.35 bits per heavy atom. The molecule has 1 aromatic carbocycles. The first-order valence-electron chi connectivity index (χ1n) is 9.41. The molecule has 0 saturated heterocycles. The predicted molar refractivity (Wildman–Crippen MR) is 103 cm³/mol. The summed E-state index contributed by atoms with van der Waals surface area (Å²) in [7, 11) is 1.90. The number of hydrogen-bond acceptors (Lipinski definition) is 2. The first-order valence-corrected chi connectivity index (χ1v) is 9.41. The number of hydrogen-bond donors (Lipinski definition) is 1.